The first-order valence-corrected chi connectivity index (χ1v) is 7.03. The van der Waals surface area contributed by atoms with Gasteiger partial charge >= 0.3 is 6.03 Å². The van der Waals surface area contributed by atoms with Crippen molar-refractivity contribution in [3.05, 3.63) is 66.5 Å². The summed E-state index contributed by atoms with van der Waals surface area (Å²) in [5, 5.41) is 2.89. The molecule has 3 rings (SSSR count). The topological polar surface area (TPSA) is 45.2 Å². The van der Waals surface area contributed by atoms with Gasteiger partial charge in [0.2, 0.25) is 0 Å². The Bertz CT molecular complexity index is 625. The van der Waals surface area contributed by atoms with Crippen LogP contribution in [0, 0.1) is 0 Å². The third-order valence-electron chi connectivity index (χ3n) is 3.51. The summed E-state index contributed by atoms with van der Waals surface area (Å²) in [5.41, 5.74) is 2.01. The maximum atomic E-state index is 12.0. The molecule has 106 valence electrons. The molecule has 1 saturated heterocycles. The molecule has 21 heavy (non-hydrogen) atoms. The van der Waals surface area contributed by atoms with Gasteiger partial charge in [0.25, 0.3) is 0 Å². The zero-order chi connectivity index (χ0) is 14.5. The number of benzene rings is 1. The number of anilines is 1. The number of carbonyl (C=O) groups excluding carboxylic acids is 1. The van der Waals surface area contributed by atoms with E-state index in [1.54, 1.807) is 17.3 Å². The number of pyridine rings is 1. The number of urea groups is 1. The lowest BCUT2D eigenvalue weighted by Crippen LogP contribution is -2.33. The lowest BCUT2D eigenvalue weighted by molar-refractivity contribution is 0.251. The number of rotatable bonds is 4. The molecular formula is C17H17N3O. The van der Waals surface area contributed by atoms with Crippen molar-refractivity contribution in [3.63, 3.8) is 0 Å². The summed E-state index contributed by atoms with van der Waals surface area (Å²) in [6.07, 6.45) is 8.44. The van der Waals surface area contributed by atoms with Gasteiger partial charge in [-0.3, -0.25) is 9.88 Å². The maximum absolute atomic E-state index is 12.0. The van der Waals surface area contributed by atoms with Crippen molar-refractivity contribution in [2.24, 2.45) is 0 Å². The van der Waals surface area contributed by atoms with Crippen LogP contribution >= 0.6 is 0 Å². The van der Waals surface area contributed by atoms with E-state index in [1.807, 2.05) is 30.3 Å². The van der Waals surface area contributed by atoms with Crippen LogP contribution in [0.1, 0.15) is 12.0 Å². The molecule has 1 N–H and O–H groups in total. The van der Waals surface area contributed by atoms with Gasteiger partial charge in [-0.2, -0.15) is 0 Å². The van der Waals surface area contributed by atoms with Crippen molar-refractivity contribution < 1.29 is 4.79 Å². The predicted molar refractivity (Wildman–Crippen MR) is 84.0 cm³/mol. The van der Waals surface area contributed by atoms with Gasteiger partial charge in [-0.25, -0.2) is 4.79 Å². The van der Waals surface area contributed by atoms with E-state index in [9.17, 15) is 4.79 Å². The van der Waals surface area contributed by atoms with Gasteiger partial charge in [-0.15, -0.1) is 0 Å². The van der Waals surface area contributed by atoms with Crippen molar-refractivity contribution in [1.29, 1.82) is 0 Å². The predicted octanol–water partition coefficient (Wildman–Crippen LogP) is 3.08. The largest absolute Gasteiger partial charge is 0.336 e. The molecule has 1 aromatic heterocycles. The molecule has 4 nitrogen and oxygen atoms in total. The Hall–Kier alpha value is -2.62. The van der Waals surface area contributed by atoms with Crippen LogP contribution in [-0.2, 0) is 0 Å². The Kier molecular flexibility index (Phi) is 3.96. The molecule has 1 fully saturated rings. The number of carbonyl (C=O) groups is 1. The number of amides is 2. The second kappa shape index (κ2) is 6.22. The molecule has 0 saturated carbocycles. The summed E-state index contributed by atoms with van der Waals surface area (Å²) in [6.45, 7) is 0.660. The number of nitrogens with zero attached hydrogens (tertiary/aromatic N) is 2. The molecular weight excluding hydrogens is 262 g/mol. The highest BCUT2D eigenvalue weighted by molar-refractivity contribution is 5.94. The average molecular weight is 279 g/mol. The van der Waals surface area contributed by atoms with Gasteiger partial charge < -0.3 is 5.32 Å². The summed E-state index contributed by atoms with van der Waals surface area (Å²) in [6, 6.07) is 14.0. The van der Waals surface area contributed by atoms with E-state index in [2.05, 4.69) is 34.6 Å². The van der Waals surface area contributed by atoms with Crippen molar-refractivity contribution in [1.82, 2.24) is 10.3 Å². The minimum Gasteiger partial charge on any atom is -0.336 e. The SMILES string of the molecule is O=C1NCC(CC=Cc2ccccc2)N1c1cccnc1. The molecule has 1 aliphatic rings. The number of nitrogens with one attached hydrogen (secondary N) is 1. The molecule has 2 aromatic rings. The van der Waals surface area contributed by atoms with E-state index in [1.165, 1.54) is 5.56 Å². The second-order valence-corrected chi connectivity index (χ2v) is 4.97. The molecule has 0 radical (unpaired) electrons. The first-order valence-electron chi connectivity index (χ1n) is 7.03. The summed E-state index contributed by atoms with van der Waals surface area (Å²) >= 11 is 0. The van der Waals surface area contributed by atoms with Gasteiger partial charge in [0.1, 0.15) is 0 Å². The van der Waals surface area contributed by atoms with E-state index in [4.69, 9.17) is 0 Å². The molecule has 2 amide bonds. The highest BCUT2D eigenvalue weighted by Gasteiger charge is 2.30. The number of hydrogen-bond acceptors (Lipinski definition) is 2. The fraction of sp³-hybridized carbons (Fsp3) is 0.176. The van der Waals surface area contributed by atoms with Crippen molar-refractivity contribution >= 4 is 17.8 Å². The van der Waals surface area contributed by atoms with Crippen molar-refractivity contribution in [3.8, 4) is 0 Å². The van der Waals surface area contributed by atoms with Crippen molar-refractivity contribution in [2.45, 2.75) is 12.5 Å². The summed E-state index contributed by atoms with van der Waals surface area (Å²) in [7, 11) is 0. The van der Waals surface area contributed by atoms with Gasteiger partial charge in [0.15, 0.2) is 0 Å². The highest BCUT2D eigenvalue weighted by Crippen LogP contribution is 2.21. The van der Waals surface area contributed by atoms with Crippen molar-refractivity contribution in [2.75, 3.05) is 11.4 Å². The van der Waals surface area contributed by atoms with Crippen LogP contribution in [0.5, 0.6) is 0 Å². The molecule has 1 aromatic carbocycles. The van der Waals surface area contributed by atoms with Gasteiger partial charge in [0, 0.05) is 12.7 Å². The lowest BCUT2D eigenvalue weighted by atomic mass is 10.1. The van der Waals surface area contributed by atoms with Crippen LogP contribution in [-0.4, -0.2) is 23.6 Å². The number of hydrogen-bond donors (Lipinski definition) is 1. The zero-order valence-electron chi connectivity index (χ0n) is 11.6. The zero-order valence-corrected chi connectivity index (χ0v) is 11.6. The monoisotopic (exact) mass is 279 g/mol. The molecule has 2 heterocycles. The van der Waals surface area contributed by atoms with Gasteiger partial charge in [0.05, 0.1) is 17.9 Å². The van der Waals surface area contributed by atoms with Crippen LogP contribution in [0.3, 0.4) is 0 Å². The fourth-order valence-electron chi connectivity index (χ4n) is 2.49. The second-order valence-electron chi connectivity index (χ2n) is 4.97. The fourth-order valence-corrected chi connectivity index (χ4v) is 2.49. The van der Waals surface area contributed by atoms with E-state index >= 15 is 0 Å². The van der Waals surface area contributed by atoms with Crippen LogP contribution in [0.4, 0.5) is 10.5 Å². The number of aromatic nitrogens is 1. The molecule has 4 heteroatoms. The Morgan fingerprint density at radius 3 is 2.86 bits per heavy atom. The molecule has 1 aliphatic heterocycles. The highest BCUT2D eigenvalue weighted by atomic mass is 16.2. The van der Waals surface area contributed by atoms with Gasteiger partial charge in [-0.05, 0) is 24.1 Å². The van der Waals surface area contributed by atoms with E-state index < -0.39 is 0 Å². The standard InChI is InChI=1S/C17H17N3O/c21-17-19-13-16(20(17)15-10-5-11-18-12-15)9-4-8-14-6-2-1-3-7-14/h1-8,10-12,16H,9,13H2,(H,19,21). The Labute approximate surface area is 124 Å². The van der Waals surface area contributed by atoms with Crippen LogP contribution in [0.25, 0.3) is 6.08 Å². The smallest absolute Gasteiger partial charge is 0.322 e. The van der Waals surface area contributed by atoms with E-state index in [-0.39, 0.29) is 12.1 Å². The lowest BCUT2D eigenvalue weighted by Gasteiger charge is -2.21. The molecule has 0 bridgehead atoms. The van der Waals surface area contributed by atoms with E-state index in [0.29, 0.717) is 6.54 Å². The Morgan fingerprint density at radius 2 is 2.10 bits per heavy atom. The summed E-state index contributed by atoms with van der Waals surface area (Å²) in [4.78, 5) is 17.8. The van der Waals surface area contributed by atoms with Crippen LogP contribution in [0.15, 0.2) is 60.9 Å². The maximum Gasteiger partial charge on any atom is 0.322 e. The Morgan fingerprint density at radius 1 is 1.24 bits per heavy atom. The van der Waals surface area contributed by atoms with Gasteiger partial charge in [-0.1, -0.05) is 42.5 Å². The Balaban J connectivity index is 1.70. The minimum absolute atomic E-state index is 0.0545. The third kappa shape index (κ3) is 3.11. The summed E-state index contributed by atoms with van der Waals surface area (Å²) < 4.78 is 0. The van der Waals surface area contributed by atoms with E-state index in [0.717, 1.165) is 12.1 Å². The molecule has 1 unspecified atom stereocenters. The first kappa shape index (κ1) is 13.4. The third-order valence-corrected chi connectivity index (χ3v) is 3.51. The van der Waals surface area contributed by atoms with Crippen LogP contribution in [0.2, 0.25) is 0 Å². The normalized spacial score (nSPS) is 18.2. The molecule has 0 aliphatic carbocycles. The average Bonchev–Trinajstić information content (AvgIpc) is 2.90. The summed E-state index contributed by atoms with van der Waals surface area (Å²) in [5.74, 6) is 0. The molecule has 0 spiro atoms. The first-order chi connectivity index (χ1) is 10.3. The van der Waals surface area contributed by atoms with Crippen LogP contribution < -0.4 is 10.2 Å². The molecule has 1 atom stereocenters. The minimum atomic E-state index is -0.0545. The quantitative estimate of drug-likeness (QED) is 0.934.